The van der Waals surface area contributed by atoms with Crippen LogP contribution in [-0.2, 0) is 23.9 Å². The number of aromatic nitrogens is 2. The molecule has 0 saturated carbocycles. The number of carbonyl (C=O) groups is 2. The van der Waals surface area contributed by atoms with Crippen LogP contribution in [0.15, 0.2) is 36.7 Å². The van der Waals surface area contributed by atoms with Gasteiger partial charge in [-0.25, -0.2) is 19.8 Å². The number of hydroxylamine groups is 2. The third-order valence-corrected chi connectivity index (χ3v) is 4.05. The first-order valence-electron chi connectivity index (χ1n) is 8.92. The molecule has 2 aromatic rings. The quantitative estimate of drug-likeness (QED) is 0.578. The number of methoxy groups -OCH3 is 4. The number of rotatable bonds is 9. The third-order valence-electron chi connectivity index (χ3n) is 4.05. The lowest BCUT2D eigenvalue weighted by molar-refractivity contribution is -0.180. The predicted molar refractivity (Wildman–Crippen MR) is 108 cm³/mol. The van der Waals surface area contributed by atoms with E-state index in [1.807, 2.05) is 0 Å². The Morgan fingerprint density at radius 3 is 1.58 bits per heavy atom. The Kier molecular flexibility index (Phi) is 10.9. The fraction of sp³-hybridized carbons (Fsp3) is 0.400. The van der Waals surface area contributed by atoms with Gasteiger partial charge in [-0.2, -0.15) is 0 Å². The number of aliphatic carboxylic acids is 1. The second-order valence-corrected chi connectivity index (χ2v) is 5.86. The van der Waals surface area contributed by atoms with E-state index in [2.05, 4.69) is 9.97 Å². The van der Waals surface area contributed by atoms with Crippen LogP contribution in [0.1, 0.15) is 23.3 Å². The van der Waals surface area contributed by atoms with Gasteiger partial charge in [-0.15, -0.1) is 0 Å². The van der Waals surface area contributed by atoms with Crippen LogP contribution in [0.5, 0.6) is 11.8 Å². The van der Waals surface area contributed by atoms with E-state index in [1.54, 1.807) is 24.3 Å². The molecule has 1 amide bonds. The summed E-state index contributed by atoms with van der Waals surface area (Å²) in [4.78, 5) is 35.3. The van der Waals surface area contributed by atoms with Crippen LogP contribution in [0.3, 0.4) is 0 Å². The lowest BCUT2D eigenvalue weighted by atomic mass is 10.1. The van der Waals surface area contributed by atoms with Crippen molar-refractivity contribution in [1.29, 1.82) is 0 Å². The molecule has 31 heavy (non-hydrogen) atoms. The summed E-state index contributed by atoms with van der Waals surface area (Å²) in [5.41, 5.74) is 1.13. The van der Waals surface area contributed by atoms with Crippen LogP contribution in [-0.4, -0.2) is 74.6 Å². The standard InChI is InChI=1S/C11H16N2O4.C9H11NO4/c1-13(17-4)11(14)10(16-3)8-5-6-9(15-2)12-7-8;1-13-7-4-3-6(5-10-7)8(14-2)9(11)12/h5-7,10H,1-4H3;3-5,8H,1-2H3,(H,11,12). The summed E-state index contributed by atoms with van der Waals surface area (Å²) < 4.78 is 19.7. The summed E-state index contributed by atoms with van der Waals surface area (Å²) in [6.45, 7) is 0. The van der Waals surface area contributed by atoms with Crippen molar-refractivity contribution in [2.75, 3.05) is 42.6 Å². The molecule has 2 aromatic heterocycles. The minimum Gasteiger partial charge on any atom is -0.481 e. The molecule has 0 bridgehead atoms. The number of amides is 1. The molecule has 2 rings (SSSR count). The van der Waals surface area contributed by atoms with Crippen LogP contribution < -0.4 is 9.47 Å². The van der Waals surface area contributed by atoms with E-state index in [0.29, 0.717) is 22.9 Å². The molecule has 0 aliphatic heterocycles. The summed E-state index contributed by atoms with van der Waals surface area (Å²) >= 11 is 0. The van der Waals surface area contributed by atoms with Crippen LogP contribution in [0, 0.1) is 0 Å². The molecular formula is C20H27N3O8. The minimum absolute atomic E-state index is 0.304. The second-order valence-electron chi connectivity index (χ2n) is 5.86. The van der Waals surface area contributed by atoms with Crippen molar-refractivity contribution in [3.63, 3.8) is 0 Å². The lowest BCUT2D eigenvalue weighted by Crippen LogP contribution is -2.31. The van der Waals surface area contributed by atoms with E-state index >= 15 is 0 Å². The van der Waals surface area contributed by atoms with Gasteiger partial charge in [0.05, 0.1) is 21.3 Å². The van der Waals surface area contributed by atoms with Crippen molar-refractivity contribution in [3.05, 3.63) is 47.8 Å². The van der Waals surface area contributed by atoms with Gasteiger partial charge in [0.15, 0.2) is 12.2 Å². The monoisotopic (exact) mass is 437 g/mol. The largest absolute Gasteiger partial charge is 0.481 e. The van der Waals surface area contributed by atoms with E-state index in [1.165, 1.54) is 55.0 Å². The van der Waals surface area contributed by atoms with Gasteiger partial charge in [-0.1, -0.05) is 0 Å². The average molecular weight is 437 g/mol. The number of nitrogens with zero attached hydrogens (tertiary/aromatic N) is 3. The zero-order chi connectivity index (χ0) is 23.4. The Balaban J connectivity index is 0.000000316. The highest BCUT2D eigenvalue weighted by atomic mass is 16.7. The van der Waals surface area contributed by atoms with Gasteiger partial charge in [0.2, 0.25) is 11.8 Å². The van der Waals surface area contributed by atoms with Crippen molar-refractivity contribution >= 4 is 11.9 Å². The highest BCUT2D eigenvalue weighted by Crippen LogP contribution is 2.20. The molecule has 1 N–H and O–H groups in total. The minimum atomic E-state index is -1.04. The zero-order valence-corrected chi connectivity index (χ0v) is 18.3. The van der Waals surface area contributed by atoms with Crippen molar-refractivity contribution in [1.82, 2.24) is 15.0 Å². The van der Waals surface area contributed by atoms with E-state index in [-0.39, 0.29) is 5.91 Å². The number of likely N-dealkylation sites (N-methyl/N-ethyl adjacent to an activating group) is 1. The average Bonchev–Trinajstić information content (AvgIpc) is 2.80. The highest BCUT2D eigenvalue weighted by Gasteiger charge is 2.24. The molecule has 0 radical (unpaired) electrons. The molecule has 2 atom stereocenters. The molecule has 11 heteroatoms. The van der Waals surface area contributed by atoms with Gasteiger partial charge in [0, 0.05) is 56.9 Å². The Morgan fingerprint density at radius 1 is 0.839 bits per heavy atom. The number of pyridine rings is 2. The third kappa shape index (κ3) is 7.48. The van der Waals surface area contributed by atoms with E-state index in [4.69, 9.17) is 28.9 Å². The molecule has 170 valence electrons. The van der Waals surface area contributed by atoms with E-state index in [0.717, 1.165) is 5.06 Å². The smallest absolute Gasteiger partial charge is 0.337 e. The predicted octanol–water partition coefficient (Wildman–Crippen LogP) is 1.66. The summed E-state index contributed by atoms with van der Waals surface area (Å²) in [6.07, 6.45) is 1.24. The molecule has 11 nitrogen and oxygen atoms in total. The molecule has 0 saturated heterocycles. The first-order valence-corrected chi connectivity index (χ1v) is 8.92. The number of ether oxygens (including phenoxy) is 4. The van der Waals surface area contributed by atoms with Gasteiger partial charge in [-0.05, 0) is 12.1 Å². The Hall–Kier alpha value is -3.28. The van der Waals surface area contributed by atoms with E-state index < -0.39 is 18.2 Å². The van der Waals surface area contributed by atoms with Gasteiger partial charge in [-0.3, -0.25) is 9.63 Å². The summed E-state index contributed by atoms with van der Waals surface area (Å²) in [7, 11) is 8.74. The van der Waals surface area contributed by atoms with E-state index in [9.17, 15) is 9.59 Å². The molecule has 2 unspecified atom stereocenters. The zero-order valence-electron chi connectivity index (χ0n) is 18.3. The molecule has 2 heterocycles. The van der Waals surface area contributed by atoms with Gasteiger partial charge in [0.25, 0.3) is 5.91 Å². The number of carboxylic acids is 1. The van der Waals surface area contributed by atoms with Crippen LogP contribution in [0.4, 0.5) is 0 Å². The molecular weight excluding hydrogens is 410 g/mol. The number of carboxylic acid groups (broad SMARTS) is 1. The molecule has 0 fully saturated rings. The Labute approximate surface area is 180 Å². The van der Waals surface area contributed by atoms with Gasteiger partial charge in [0.1, 0.15) is 0 Å². The maximum Gasteiger partial charge on any atom is 0.337 e. The van der Waals surface area contributed by atoms with Gasteiger partial charge >= 0.3 is 5.97 Å². The van der Waals surface area contributed by atoms with Crippen LogP contribution >= 0.6 is 0 Å². The lowest BCUT2D eigenvalue weighted by Gasteiger charge is -2.20. The summed E-state index contributed by atoms with van der Waals surface area (Å²) in [6, 6.07) is 6.58. The fourth-order valence-corrected chi connectivity index (χ4v) is 2.35. The topological polar surface area (TPSA) is 130 Å². The van der Waals surface area contributed by atoms with Crippen LogP contribution in [0.25, 0.3) is 0 Å². The maximum atomic E-state index is 11.9. The summed E-state index contributed by atoms with van der Waals surface area (Å²) in [5, 5.41) is 9.88. The van der Waals surface area contributed by atoms with Crippen molar-refractivity contribution in [2.24, 2.45) is 0 Å². The Bertz CT molecular complexity index is 814. The summed E-state index contributed by atoms with van der Waals surface area (Å²) in [5.74, 6) is -0.424. The first kappa shape index (κ1) is 25.8. The normalized spacial score (nSPS) is 12.1. The highest BCUT2D eigenvalue weighted by molar-refractivity contribution is 5.81. The number of carbonyl (C=O) groups excluding carboxylic acids is 1. The van der Waals surface area contributed by atoms with Crippen molar-refractivity contribution in [3.8, 4) is 11.8 Å². The SMILES string of the molecule is COc1ccc(C(OC)C(=O)N(C)OC)cn1.COc1ccc(C(OC)C(=O)O)cn1. The second kappa shape index (κ2) is 13.1. The van der Waals surface area contributed by atoms with Crippen molar-refractivity contribution < 1.29 is 38.5 Å². The molecule has 0 aliphatic carbocycles. The first-order chi connectivity index (χ1) is 14.8. The van der Waals surface area contributed by atoms with Gasteiger partial charge < -0.3 is 24.1 Å². The molecule has 0 aromatic carbocycles. The Morgan fingerprint density at radius 2 is 1.29 bits per heavy atom. The van der Waals surface area contributed by atoms with Crippen molar-refractivity contribution in [2.45, 2.75) is 12.2 Å². The number of hydrogen-bond acceptors (Lipinski definition) is 9. The fourth-order valence-electron chi connectivity index (χ4n) is 2.35. The van der Waals surface area contributed by atoms with Crippen LogP contribution in [0.2, 0.25) is 0 Å². The molecule has 0 spiro atoms. The number of hydrogen-bond donors (Lipinski definition) is 1. The molecule has 0 aliphatic rings. The maximum absolute atomic E-state index is 11.9.